The molecule has 0 saturated heterocycles. The zero-order valence-electron chi connectivity index (χ0n) is 16.4. The number of methoxy groups -OCH3 is 1. The van der Waals surface area contributed by atoms with Crippen LogP contribution in [0.25, 0.3) is 16.7 Å². The number of fused-ring (bicyclic) bond motifs is 3. The average Bonchev–Trinajstić information content (AvgIpc) is 3.19. The molecule has 1 atom stereocenters. The molecule has 0 spiro atoms. The molecule has 2 aromatic heterocycles. The van der Waals surface area contributed by atoms with E-state index >= 15 is 0 Å². The van der Waals surface area contributed by atoms with Crippen LogP contribution in [0.1, 0.15) is 18.1 Å². The van der Waals surface area contributed by atoms with Crippen molar-refractivity contribution in [1.82, 2.24) is 19.2 Å². The molecule has 7 nitrogen and oxygen atoms in total. The van der Waals surface area contributed by atoms with E-state index in [9.17, 15) is 9.90 Å². The summed E-state index contributed by atoms with van der Waals surface area (Å²) in [6.07, 6.45) is 0.0523. The van der Waals surface area contributed by atoms with Gasteiger partial charge in [-0.25, -0.2) is 0 Å². The summed E-state index contributed by atoms with van der Waals surface area (Å²) in [5.74, 6) is 0.912. The Morgan fingerprint density at radius 1 is 1.17 bits per heavy atom. The molecule has 0 bridgehead atoms. The molecule has 0 amide bonds. The Morgan fingerprint density at radius 2 is 1.93 bits per heavy atom. The molecule has 0 fully saturated rings. The normalized spacial score (nSPS) is 12.6. The molecule has 4 aromatic rings. The number of rotatable bonds is 8. The number of benzene rings is 2. The van der Waals surface area contributed by atoms with Crippen molar-refractivity contribution < 1.29 is 9.84 Å². The van der Waals surface area contributed by atoms with Gasteiger partial charge in [-0.2, -0.15) is 0 Å². The Morgan fingerprint density at radius 3 is 2.70 bits per heavy atom. The maximum atomic E-state index is 13.0. The Kier molecular flexibility index (Phi) is 6.52. The minimum Gasteiger partial charge on any atom is -0.388 e. The van der Waals surface area contributed by atoms with Gasteiger partial charge in [0.1, 0.15) is 0 Å². The van der Waals surface area contributed by atoms with Gasteiger partial charge in [-0.3, -0.25) is 13.8 Å². The summed E-state index contributed by atoms with van der Waals surface area (Å²) in [7, 11) is 1.64. The van der Waals surface area contributed by atoms with Gasteiger partial charge in [-0.1, -0.05) is 52.0 Å². The predicted octanol–water partition coefficient (Wildman–Crippen LogP) is 3.67. The quantitative estimate of drug-likeness (QED) is 0.301. The largest absolute Gasteiger partial charge is 0.388 e. The van der Waals surface area contributed by atoms with Gasteiger partial charge in [-0.05, 0) is 36.2 Å². The fraction of sp³-hybridized carbons (Fsp3) is 0.286. The van der Waals surface area contributed by atoms with Gasteiger partial charge in [0.15, 0.2) is 5.16 Å². The Balaban J connectivity index is 1.70. The maximum absolute atomic E-state index is 13.0. The van der Waals surface area contributed by atoms with E-state index in [4.69, 9.17) is 4.74 Å². The maximum Gasteiger partial charge on any atom is 0.262 e. The number of aliphatic hydroxyl groups excluding tert-OH is 1. The predicted molar refractivity (Wildman–Crippen MR) is 121 cm³/mol. The lowest BCUT2D eigenvalue weighted by atomic mass is 10.1. The van der Waals surface area contributed by atoms with Crippen molar-refractivity contribution in [3.8, 4) is 0 Å². The highest BCUT2D eigenvalue weighted by molar-refractivity contribution is 9.10. The number of para-hydroxylation sites is 1. The fourth-order valence-corrected chi connectivity index (χ4v) is 4.50. The highest BCUT2D eigenvalue weighted by Gasteiger charge is 2.18. The van der Waals surface area contributed by atoms with E-state index in [-0.39, 0.29) is 5.56 Å². The summed E-state index contributed by atoms with van der Waals surface area (Å²) in [6, 6.07) is 15.0. The molecule has 0 radical (unpaired) electrons. The Hall–Kier alpha value is -2.20. The first-order chi connectivity index (χ1) is 14.6. The summed E-state index contributed by atoms with van der Waals surface area (Å²) < 4.78 is 9.63. The van der Waals surface area contributed by atoms with E-state index in [1.807, 2.05) is 52.9 Å². The minimum absolute atomic E-state index is 0.0898. The minimum atomic E-state index is -0.644. The zero-order valence-corrected chi connectivity index (χ0v) is 18.8. The van der Waals surface area contributed by atoms with Gasteiger partial charge >= 0.3 is 0 Å². The van der Waals surface area contributed by atoms with Crippen LogP contribution in [-0.2, 0) is 11.3 Å². The van der Waals surface area contributed by atoms with Crippen molar-refractivity contribution in [2.24, 2.45) is 0 Å². The summed E-state index contributed by atoms with van der Waals surface area (Å²) >= 11 is 4.82. The number of aryl methyl sites for hydroxylation is 1. The zero-order chi connectivity index (χ0) is 21.1. The molecule has 2 aromatic carbocycles. The second-order valence-corrected chi connectivity index (χ2v) is 8.72. The van der Waals surface area contributed by atoms with Crippen molar-refractivity contribution in [1.29, 1.82) is 0 Å². The van der Waals surface area contributed by atoms with Gasteiger partial charge in [0, 0.05) is 30.5 Å². The van der Waals surface area contributed by atoms with E-state index in [0.29, 0.717) is 41.6 Å². The number of aromatic nitrogens is 4. The van der Waals surface area contributed by atoms with Crippen LogP contribution in [0.2, 0.25) is 0 Å². The molecule has 2 heterocycles. The molecule has 0 aliphatic heterocycles. The van der Waals surface area contributed by atoms with Crippen LogP contribution in [0.3, 0.4) is 0 Å². The lowest BCUT2D eigenvalue weighted by molar-refractivity contribution is 0.190. The third-order valence-electron chi connectivity index (χ3n) is 4.83. The molecule has 4 rings (SSSR count). The van der Waals surface area contributed by atoms with Crippen LogP contribution in [0.15, 0.2) is 63.0 Å². The molecule has 9 heteroatoms. The lowest BCUT2D eigenvalue weighted by Gasteiger charge is -2.12. The highest BCUT2D eigenvalue weighted by Crippen LogP contribution is 2.26. The topological polar surface area (TPSA) is 81.7 Å². The van der Waals surface area contributed by atoms with Crippen LogP contribution in [0.5, 0.6) is 0 Å². The number of aliphatic hydroxyl groups is 1. The lowest BCUT2D eigenvalue weighted by Crippen LogP contribution is -2.24. The summed E-state index contributed by atoms with van der Waals surface area (Å²) in [5.41, 5.74) is 1.50. The molecule has 30 heavy (non-hydrogen) atoms. The molecular weight excluding hydrogens is 468 g/mol. The SMILES string of the molecule is COCCCn1c(=O)c2ccccc2n2c(SC[C@H](O)c3ccc(Br)cc3)nnc12. The van der Waals surface area contributed by atoms with Crippen molar-refractivity contribution in [2.75, 3.05) is 19.5 Å². The third-order valence-corrected chi connectivity index (χ3v) is 6.37. The van der Waals surface area contributed by atoms with E-state index < -0.39 is 6.10 Å². The second kappa shape index (κ2) is 9.30. The molecule has 0 saturated carbocycles. The first-order valence-corrected chi connectivity index (χ1v) is 11.3. The monoisotopic (exact) mass is 488 g/mol. The van der Waals surface area contributed by atoms with Crippen LogP contribution < -0.4 is 5.56 Å². The molecule has 0 unspecified atom stereocenters. The summed E-state index contributed by atoms with van der Waals surface area (Å²) in [6.45, 7) is 1.05. The van der Waals surface area contributed by atoms with Gasteiger partial charge < -0.3 is 9.84 Å². The Labute approximate surface area is 185 Å². The van der Waals surface area contributed by atoms with Crippen LogP contribution >= 0.6 is 27.7 Å². The molecule has 0 aliphatic carbocycles. The number of hydrogen-bond donors (Lipinski definition) is 1. The third kappa shape index (κ3) is 4.15. The van der Waals surface area contributed by atoms with E-state index in [1.165, 1.54) is 11.8 Å². The smallest absolute Gasteiger partial charge is 0.262 e. The molecule has 156 valence electrons. The van der Waals surface area contributed by atoms with Gasteiger partial charge in [0.05, 0.1) is 17.0 Å². The first-order valence-electron chi connectivity index (χ1n) is 9.52. The van der Waals surface area contributed by atoms with E-state index in [0.717, 1.165) is 15.6 Å². The van der Waals surface area contributed by atoms with E-state index in [2.05, 4.69) is 26.1 Å². The average molecular weight is 489 g/mol. The van der Waals surface area contributed by atoms with Crippen molar-refractivity contribution in [3.63, 3.8) is 0 Å². The summed E-state index contributed by atoms with van der Waals surface area (Å²) in [4.78, 5) is 13.0. The number of ether oxygens (including phenoxy) is 1. The molecule has 1 N–H and O–H groups in total. The standard InChI is InChI=1S/C21H21BrN4O3S/c1-29-12-4-11-25-19(28)16-5-2-3-6-17(16)26-20(25)23-24-21(26)30-13-18(27)14-7-9-15(22)10-8-14/h2-3,5-10,18,27H,4,11-13H2,1H3/t18-/m0/s1. The van der Waals surface area contributed by atoms with Crippen LogP contribution in [0.4, 0.5) is 0 Å². The number of hydrogen-bond acceptors (Lipinski definition) is 6. The Bertz CT molecular complexity index is 1220. The number of thioether (sulfide) groups is 1. The van der Waals surface area contributed by atoms with Crippen molar-refractivity contribution in [3.05, 3.63) is 68.9 Å². The number of halogens is 1. The highest BCUT2D eigenvalue weighted by atomic mass is 79.9. The second-order valence-electron chi connectivity index (χ2n) is 6.82. The van der Waals surface area contributed by atoms with Crippen molar-refractivity contribution >= 4 is 44.4 Å². The van der Waals surface area contributed by atoms with Gasteiger partial charge in [-0.15, -0.1) is 10.2 Å². The number of nitrogens with zero attached hydrogens (tertiary/aromatic N) is 4. The summed E-state index contributed by atoms with van der Waals surface area (Å²) in [5, 5.41) is 20.4. The molecule has 0 aliphatic rings. The first kappa shape index (κ1) is 21.0. The van der Waals surface area contributed by atoms with Gasteiger partial charge in [0.25, 0.3) is 5.56 Å². The van der Waals surface area contributed by atoms with E-state index in [1.54, 1.807) is 11.7 Å². The van der Waals surface area contributed by atoms with Gasteiger partial charge in [0.2, 0.25) is 5.78 Å². The van der Waals surface area contributed by atoms with Crippen LogP contribution in [0, 0.1) is 0 Å². The molecular formula is C21H21BrN4O3S. The van der Waals surface area contributed by atoms with Crippen molar-refractivity contribution in [2.45, 2.75) is 24.2 Å². The van der Waals surface area contributed by atoms with Crippen LogP contribution in [-0.4, -0.2) is 43.7 Å². The fourth-order valence-electron chi connectivity index (χ4n) is 3.33.